The van der Waals surface area contributed by atoms with Gasteiger partial charge in [0.2, 0.25) is 0 Å². The first-order valence-electron chi connectivity index (χ1n) is 5.66. The van der Waals surface area contributed by atoms with Crippen molar-refractivity contribution in [2.45, 2.75) is 20.4 Å². The summed E-state index contributed by atoms with van der Waals surface area (Å²) in [6.45, 7) is 3.91. The number of benzene rings is 1. The van der Waals surface area contributed by atoms with E-state index in [1.54, 1.807) is 19.1 Å². The Balaban J connectivity index is 2.21. The summed E-state index contributed by atoms with van der Waals surface area (Å²) < 4.78 is 14.4. The Morgan fingerprint density at radius 1 is 1.32 bits per heavy atom. The van der Waals surface area contributed by atoms with Crippen LogP contribution >= 0.6 is 27.5 Å². The van der Waals surface area contributed by atoms with E-state index < -0.39 is 0 Å². The molecule has 0 aliphatic carbocycles. The SMILES string of the molecule is Cc1nc(Cl)c(C)c(NCc2cc(Br)ccc2F)n1. The Bertz CT molecular complexity index is 619. The molecule has 0 aliphatic heterocycles. The molecule has 1 N–H and O–H groups in total. The van der Waals surface area contributed by atoms with Crippen molar-refractivity contribution in [1.82, 2.24) is 9.97 Å². The van der Waals surface area contributed by atoms with Crippen LogP contribution in [-0.2, 0) is 6.54 Å². The van der Waals surface area contributed by atoms with E-state index in [0.29, 0.717) is 28.9 Å². The summed E-state index contributed by atoms with van der Waals surface area (Å²) in [6, 6.07) is 4.81. The minimum Gasteiger partial charge on any atom is -0.366 e. The van der Waals surface area contributed by atoms with Crippen molar-refractivity contribution in [1.29, 1.82) is 0 Å². The third-order valence-corrected chi connectivity index (χ3v) is 3.51. The first kappa shape index (κ1) is 14.2. The van der Waals surface area contributed by atoms with E-state index in [9.17, 15) is 4.39 Å². The van der Waals surface area contributed by atoms with Crippen LogP contribution in [0.25, 0.3) is 0 Å². The predicted molar refractivity (Wildman–Crippen MR) is 77.9 cm³/mol. The van der Waals surface area contributed by atoms with Crippen LogP contribution in [0.15, 0.2) is 22.7 Å². The van der Waals surface area contributed by atoms with Gasteiger partial charge in [-0.3, -0.25) is 0 Å². The van der Waals surface area contributed by atoms with Gasteiger partial charge in [-0.1, -0.05) is 27.5 Å². The molecule has 1 aromatic heterocycles. The Morgan fingerprint density at radius 3 is 2.79 bits per heavy atom. The molecule has 6 heteroatoms. The quantitative estimate of drug-likeness (QED) is 0.845. The third kappa shape index (κ3) is 3.42. The highest BCUT2D eigenvalue weighted by Gasteiger charge is 2.08. The zero-order chi connectivity index (χ0) is 14.0. The summed E-state index contributed by atoms with van der Waals surface area (Å²) in [6.07, 6.45) is 0. The lowest BCUT2D eigenvalue weighted by atomic mass is 10.2. The summed E-state index contributed by atoms with van der Waals surface area (Å²) in [4.78, 5) is 8.31. The van der Waals surface area contributed by atoms with Crippen molar-refractivity contribution in [3.05, 3.63) is 50.6 Å². The molecule has 100 valence electrons. The maximum atomic E-state index is 13.6. The summed E-state index contributed by atoms with van der Waals surface area (Å²) >= 11 is 9.30. The number of aromatic nitrogens is 2. The highest BCUT2D eigenvalue weighted by Crippen LogP contribution is 2.21. The minimum atomic E-state index is -0.259. The highest BCUT2D eigenvalue weighted by atomic mass is 79.9. The number of nitrogens with zero attached hydrogens (tertiary/aromatic N) is 2. The number of aryl methyl sites for hydroxylation is 1. The number of rotatable bonds is 3. The van der Waals surface area contributed by atoms with Crippen molar-refractivity contribution in [3.8, 4) is 0 Å². The van der Waals surface area contributed by atoms with Gasteiger partial charge < -0.3 is 5.32 Å². The molecule has 1 aromatic carbocycles. The zero-order valence-corrected chi connectivity index (χ0v) is 12.8. The number of halogens is 3. The predicted octanol–water partition coefficient (Wildman–Crippen LogP) is 4.26. The van der Waals surface area contributed by atoms with Crippen LogP contribution in [0.5, 0.6) is 0 Å². The van der Waals surface area contributed by atoms with Crippen LogP contribution in [0, 0.1) is 19.7 Å². The number of hydrogen-bond acceptors (Lipinski definition) is 3. The molecule has 0 bridgehead atoms. The van der Waals surface area contributed by atoms with Crippen molar-refractivity contribution in [3.63, 3.8) is 0 Å². The maximum Gasteiger partial charge on any atom is 0.137 e. The average Bonchev–Trinajstić information content (AvgIpc) is 2.35. The van der Waals surface area contributed by atoms with E-state index >= 15 is 0 Å². The minimum absolute atomic E-state index is 0.259. The molecule has 0 aliphatic rings. The molecule has 0 saturated heterocycles. The van der Waals surface area contributed by atoms with Gasteiger partial charge in [0.1, 0.15) is 22.6 Å². The zero-order valence-electron chi connectivity index (χ0n) is 10.5. The molecule has 0 atom stereocenters. The second kappa shape index (κ2) is 5.84. The molecule has 3 nitrogen and oxygen atoms in total. The molecule has 0 radical (unpaired) electrons. The van der Waals surface area contributed by atoms with Gasteiger partial charge in [0, 0.05) is 22.1 Å². The summed E-state index contributed by atoms with van der Waals surface area (Å²) in [5, 5.41) is 3.49. The molecular formula is C13H12BrClFN3. The molecule has 0 unspecified atom stereocenters. The fourth-order valence-corrected chi connectivity index (χ4v) is 2.24. The van der Waals surface area contributed by atoms with Gasteiger partial charge in [0.25, 0.3) is 0 Å². The van der Waals surface area contributed by atoms with Gasteiger partial charge in [-0.25, -0.2) is 14.4 Å². The Kier molecular flexibility index (Phi) is 4.37. The molecule has 0 spiro atoms. The fourth-order valence-electron chi connectivity index (χ4n) is 1.62. The number of anilines is 1. The van der Waals surface area contributed by atoms with Gasteiger partial charge in [0.15, 0.2) is 0 Å². The van der Waals surface area contributed by atoms with Crippen LogP contribution < -0.4 is 5.32 Å². The average molecular weight is 345 g/mol. The van der Waals surface area contributed by atoms with Crippen molar-refractivity contribution < 1.29 is 4.39 Å². The highest BCUT2D eigenvalue weighted by molar-refractivity contribution is 9.10. The van der Waals surface area contributed by atoms with Crippen LogP contribution in [-0.4, -0.2) is 9.97 Å². The second-order valence-electron chi connectivity index (χ2n) is 4.12. The summed E-state index contributed by atoms with van der Waals surface area (Å²) in [5.41, 5.74) is 1.31. The molecular weight excluding hydrogens is 333 g/mol. The first-order valence-corrected chi connectivity index (χ1v) is 6.83. The van der Waals surface area contributed by atoms with E-state index in [1.807, 2.05) is 6.92 Å². The van der Waals surface area contributed by atoms with Gasteiger partial charge in [-0.2, -0.15) is 0 Å². The Morgan fingerprint density at radius 2 is 2.05 bits per heavy atom. The lowest BCUT2D eigenvalue weighted by Crippen LogP contribution is -2.07. The van der Waals surface area contributed by atoms with Crippen molar-refractivity contribution in [2.75, 3.05) is 5.32 Å². The second-order valence-corrected chi connectivity index (χ2v) is 5.40. The van der Waals surface area contributed by atoms with E-state index in [2.05, 4.69) is 31.2 Å². The Hall–Kier alpha value is -1.20. The van der Waals surface area contributed by atoms with Gasteiger partial charge >= 0.3 is 0 Å². The van der Waals surface area contributed by atoms with Crippen LogP contribution in [0.3, 0.4) is 0 Å². The molecule has 0 saturated carbocycles. The molecule has 19 heavy (non-hydrogen) atoms. The van der Waals surface area contributed by atoms with Crippen molar-refractivity contribution >= 4 is 33.3 Å². The summed E-state index contributed by atoms with van der Waals surface area (Å²) in [7, 11) is 0. The Labute approximate surface area is 124 Å². The van der Waals surface area contributed by atoms with E-state index in [-0.39, 0.29) is 5.82 Å². The third-order valence-electron chi connectivity index (χ3n) is 2.65. The molecule has 2 rings (SSSR count). The molecule has 1 heterocycles. The number of nitrogens with one attached hydrogen (secondary N) is 1. The largest absolute Gasteiger partial charge is 0.366 e. The number of hydrogen-bond donors (Lipinski definition) is 1. The fraction of sp³-hybridized carbons (Fsp3) is 0.231. The maximum absolute atomic E-state index is 13.6. The van der Waals surface area contributed by atoms with Gasteiger partial charge in [-0.05, 0) is 32.0 Å². The normalized spacial score (nSPS) is 10.6. The molecule has 0 fully saturated rings. The van der Waals surface area contributed by atoms with E-state index in [0.717, 1.165) is 10.0 Å². The summed E-state index contributed by atoms with van der Waals surface area (Å²) in [5.74, 6) is 0.940. The monoisotopic (exact) mass is 343 g/mol. The molecule has 2 aromatic rings. The standard InChI is InChI=1S/C13H12BrClFN3/c1-7-12(15)18-8(2)19-13(7)17-6-9-5-10(14)3-4-11(9)16/h3-5H,6H2,1-2H3,(H,17,18,19). The first-order chi connectivity index (χ1) is 8.97. The lowest BCUT2D eigenvalue weighted by Gasteiger charge is -2.11. The smallest absolute Gasteiger partial charge is 0.137 e. The van der Waals surface area contributed by atoms with E-state index in [4.69, 9.17) is 11.6 Å². The van der Waals surface area contributed by atoms with E-state index in [1.165, 1.54) is 6.07 Å². The topological polar surface area (TPSA) is 37.8 Å². The van der Waals surface area contributed by atoms with Crippen LogP contribution in [0.1, 0.15) is 17.0 Å². The lowest BCUT2D eigenvalue weighted by molar-refractivity contribution is 0.612. The van der Waals surface area contributed by atoms with Crippen LogP contribution in [0.2, 0.25) is 5.15 Å². The van der Waals surface area contributed by atoms with Gasteiger partial charge in [0.05, 0.1) is 0 Å². The van der Waals surface area contributed by atoms with Crippen molar-refractivity contribution in [2.24, 2.45) is 0 Å². The molecule has 0 amide bonds. The van der Waals surface area contributed by atoms with Crippen LogP contribution in [0.4, 0.5) is 10.2 Å². The van der Waals surface area contributed by atoms with Gasteiger partial charge in [-0.15, -0.1) is 0 Å².